The van der Waals surface area contributed by atoms with Crippen LogP contribution in [0.5, 0.6) is 0 Å². The zero-order valence-corrected chi connectivity index (χ0v) is 17.5. The molecule has 5 rings (SSSR count). The number of hydrogen-bond donors (Lipinski definition) is 0. The summed E-state index contributed by atoms with van der Waals surface area (Å²) >= 11 is 0. The van der Waals surface area contributed by atoms with Gasteiger partial charge in [-0.1, -0.05) is 36.6 Å². The second-order valence-corrected chi connectivity index (χ2v) is 8.44. The number of rotatable bonds is 5. The van der Waals surface area contributed by atoms with Crippen LogP contribution >= 0.6 is 0 Å². The molecule has 1 amide bonds. The van der Waals surface area contributed by atoms with Crippen LogP contribution in [0.25, 0.3) is 11.3 Å². The van der Waals surface area contributed by atoms with E-state index < -0.39 is 23.7 Å². The minimum absolute atomic E-state index is 0.0972. The maximum absolute atomic E-state index is 13.4. The van der Waals surface area contributed by atoms with Gasteiger partial charge in [0.2, 0.25) is 5.78 Å². The molecule has 1 aliphatic carbocycles. The summed E-state index contributed by atoms with van der Waals surface area (Å²) < 4.78 is 4.91. The Bertz CT molecular complexity index is 1120. The van der Waals surface area contributed by atoms with Gasteiger partial charge in [0, 0.05) is 35.3 Å². The first-order valence-electron chi connectivity index (χ1n) is 11.0. The number of Topliss-reactive ketones (excluding diaryl/α,β-unsaturated/α-hetero) is 2. The predicted octanol–water partition coefficient (Wildman–Crippen LogP) is 4.10. The Balaban J connectivity index is 1.53. The molecule has 2 fully saturated rings. The smallest absolute Gasteiger partial charge is 0.295 e. The number of aromatic nitrogens is 2. The molecule has 1 saturated carbocycles. The number of pyridine rings is 1. The Morgan fingerprint density at radius 1 is 1.00 bits per heavy atom. The molecule has 7 heteroatoms. The Hall–Kier alpha value is -3.61. The molecule has 3 heterocycles. The van der Waals surface area contributed by atoms with E-state index in [1.54, 1.807) is 29.3 Å². The van der Waals surface area contributed by atoms with Crippen molar-refractivity contribution in [3.8, 4) is 11.3 Å². The van der Waals surface area contributed by atoms with Gasteiger partial charge in [-0.05, 0) is 43.0 Å². The number of ketones is 2. The quantitative estimate of drug-likeness (QED) is 0.344. The number of carbonyl (C=O) groups excluding carboxylic acids is 3. The van der Waals surface area contributed by atoms with Crippen LogP contribution in [-0.4, -0.2) is 33.7 Å². The molecular formula is C25H23N3O4. The lowest BCUT2D eigenvalue weighted by Gasteiger charge is -2.35. The molecule has 0 spiro atoms. The van der Waals surface area contributed by atoms with Crippen LogP contribution in [0.4, 0.5) is 5.69 Å². The molecule has 1 aromatic carbocycles. The number of benzene rings is 1. The van der Waals surface area contributed by atoms with Crippen molar-refractivity contribution < 1.29 is 18.9 Å². The highest BCUT2D eigenvalue weighted by molar-refractivity contribution is 6.49. The molecule has 0 radical (unpaired) electrons. The van der Waals surface area contributed by atoms with E-state index in [2.05, 4.69) is 10.1 Å². The van der Waals surface area contributed by atoms with E-state index in [-0.39, 0.29) is 11.7 Å². The fourth-order valence-electron chi connectivity index (χ4n) is 5.06. The minimum atomic E-state index is -1.01. The third-order valence-corrected chi connectivity index (χ3v) is 6.59. The second kappa shape index (κ2) is 8.49. The first-order chi connectivity index (χ1) is 15.6. The summed E-state index contributed by atoms with van der Waals surface area (Å²) in [7, 11) is 0. The molecule has 7 nitrogen and oxygen atoms in total. The summed E-state index contributed by atoms with van der Waals surface area (Å²) in [5.74, 6) is -2.48. The number of amides is 1. The number of carbonyl (C=O) groups is 3. The first kappa shape index (κ1) is 20.3. The molecule has 3 aromatic rings. The molecule has 0 N–H and O–H groups in total. The van der Waals surface area contributed by atoms with Gasteiger partial charge in [0.1, 0.15) is 17.9 Å². The average molecular weight is 429 g/mol. The van der Waals surface area contributed by atoms with Gasteiger partial charge < -0.3 is 9.42 Å². The van der Waals surface area contributed by atoms with Crippen LogP contribution in [0, 0.1) is 11.8 Å². The van der Waals surface area contributed by atoms with Crippen molar-refractivity contribution in [2.75, 3.05) is 4.90 Å². The standard InChI is InChI=1S/C25H23N3O4/c29-23(18-7-4-13-26-15-18)21-22(17-5-2-1-3-6-17)28(25(31)24(21)30)19-10-8-16(9-11-19)20-12-14-32-27-20/h4,7-15,17,21-22H,1-3,5-6H2. The van der Waals surface area contributed by atoms with E-state index in [0.29, 0.717) is 16.9 Å². The van der Waals surface area contributed by atoms with E-state index in [1.807, 2.05) is 24.3 Å². The summed E-state index contributed by atoms with van der Waals surface area (Å²) in [6, 6.07) is 11.9. The van der Waals surface area contributed by atoms with Gasteiger partial charge >= 0.3 is 0 Å². The van der Waals surface area contributed by atoms with Gasteiger partial charge in [-0.15, -0.1) is 0 Å². The maximum atomic E-state index is 13.4. The second-order valence-electron chi connectivity index (χ2n) is 8.44. The summed E-state index contributed by atoms with van der Waals surface area (Å²) in [5.41, 5.74) is 2.52. The van der Waals surface area contributed by atoms with Gasteiger partial charge in [-0.3, -0.25) is 19.4 Å². The van der Waals surface area contributed by atoms with Crippen molar-refractivity contribution in [2.24, 2.45) is 11.8 Å². The summed E-state index contributed by atoms with van der Waals surface area (Å²) in [6.07, 6.45) is 9.56. The van der Waals surface area contributed by atoms with Crippen LogP contribution in [0.3, 0.4) is 0 Å². The van der Waals surface area contributed by atoms with Crippen molar-refractivity contribution in [1.29, 1.82) is 0 Å². The first-order valence-corrected chi connectivity index (χ1v) is 11.0. The van der Waals surface area contributed by atoms with Crippen molar-refractivity contribution in [2.45, 2.75) is 38.1 Å². The van der Waals surface area contributed by atoms with Gasteiger partial charge in [-0.2, -0.15) is 0 Å². The Kier molecular flexibility index (Phi) is 5.39. The normalized spacial score (nSPS) is 21.8. The topological polar surface area (TPSA) is 93.4 Å². The van der Waals surface area contributed by atoms with E-state index in [4.69, 9.17) is 4.52 Å². The SMILES string of the molecule is O=C1C(=O)N(c2ccc(-c3ccon3)cc2)C(C2CCCCC2)C1C(=O)c1cccnc1. The molecule has 1 aliphatic heterocycles. The molecule has 1 saturated heterocycles. The minimum Gasteiger partial charge on any atom is -0.364 e. The highest BCUT2D eigenvalue weighted by Gasteiger charge is 2.54. The summed E-state index contributed by atoms with van der Waals surface area (Å²) in [5, 5.41) is 3.94. The lowest BCUT2D eigenvalue weighted by molar-refractivity contribution is -0.135. The fraction of sp³-hybridized carbons (Fsp3) is 0.320. The lowest BCUT2D eigenvalue weighted by atomic mass is 9.76. The number of hydrogen-bond acceptors (Lipinski definition) is 6. The molecule has 0 bridgehead atoms. The molecule has 32 heavy (non-hydrogen) atoms. The predicted molar refractivity (Wildman–Crippen MR) is 117 cm³/mol. The van der Waals surface area contributed by atoms with E-state index in [1.165, 1.54) is 12.5 Å². The Labute approximate surface area is 185 Å². The molecule has 2 aliphatic rings. The molecule has 2 atom stereocenters. The Morgan fingerprint density at radius 3 is 2.44 bits per heavy atom. The largest absolute Gasteiger partial charge is 0.364 e. The van der Waals surface area contributed by atoms with Crippen LogP contribution in [0.1, 0.15) is 42.5 Å². The van der Waals surface area contributed by atoms with Crippen molar-refractivity contribution in [1.82, 2.24) is 10.1 Å². The van der Waals surface area contributed by atoms with Crippen LogP contribution in [-0.2, 0) is 9.59 Å². The monoisotopic (exact) mass is 429 g/mol. The van der Waals surface area contributed by atoms with Gasteiger partial charge in [0.05, 0.1) is 6.04 Å². The zero-order valence-electron chi connectivity index (χ0n) is 17.5. The third-order valence-electron chi connectivity index (χ3n) is 6.59. The van der Waals surface area contributed by atoms with E-state index in [9.17, 15) is 14.4 Å². The van der Waals surface area contributed by atoms with E-state index in [0.717, 1.165) is 37.7 Å². The van der Waals surface area contributed by atoms with E-state index >= 15 is 0 Å². The van der Waals surface area contributed by atoms with Crippen LogP contribution in [0.2, 0.25) is 0 Å². The Morgan fingerprint density at radius 2 is 1.78 bits per heavy atom. The molecule has 2 aromatic heterocycles. The summed E-state index contributed by atoms with van der Waals surface area (Å²) in [6.45, 7) is 0. The highest BCUT2D eigenvalue weighted by atomic mass is 16.5. The highest BCUT2D eigenvalue weighted by Crippen LogP contribution is 2.40. The van der Waals surface area contributed by atoms with Gasteiger partial charge in [0.25, 0.3) is 5.91 Å². The van der Waals surface area contributed by atoms with Crippen LogP contribution < -0.4 is 4.90 Å². The summed E-state index contributed by atoms with van der Waals surface area (Å²) in [4.78, 5) is 45.3. The van der Waals surface area contributed by atoms with Gasteiger partial charge in [-0.25, -0.2) is 0 Å². The molecule has 2 unspecified atom stereocenters. The molecule has 162 valence electrons. The van der Waals surface area contributed by atoms with Crippen LogP contribution in [0.15, 0.2) is 65.6 Å². The fourth-order valence-corrected chi connectivity index (χ4v) is 5.06. The third kappa shape index (κ3) is 3.53. The van der Waals surface area contributed by atoms with Crippen molar-refractivity contribution in [3.63, 3.8) is 0 Å². The van der Waals surface area contributed by atoms with Crippen molar-refractivity contribution in [3.05, 3.63) is 66.7 Å². The maximum Gasteiger partial charge on any atom is 0.295 e. The lowest BCUT2D eigenvalue weighted by Crippen LogP contribution is -2.44. The number of anilines is 1. The average Bonchev–Trinajstić information content (AvgIpc) is 3.47. The van der Waals surface area contributed by atoms with Gasteiger partial charge in [0.15, 0.2) is 5.78 Å². The number of nitrogens with zero attached hydrogens (tertiary/aromatic N) is 3. The van der Waals surface area contributed by atoms with Crippen molar-refractivity contribution >= 4 is 23.2 Å². The molecular weight excluding hydrogens is 406 g/mol. The zero-order chi connectivity index (χ0) is 22.1.